The minimum atomic E-state index is -0.702. The molecule has 0 bridgehead atoms. The lowest BCUT2D eigenvalue weighted by molar-refractivity contribution is -0.384. The largest absolute Gasteiger partial charge is 0.490 e. The summed E-state index contributed by atoms with van der Waals surface area (Å²) < 4.78 is 16.3. The van der Waals surface area contributed by atoms with Crippen molar-refractivity contribution in [3.63, 3.8) is 0 Å². The van der Waals surface area contributed by atoms with Gasteiger partial charge in [0.05, 0.1) is 29.4 Å². The molecule has 9 heteroatoms. The maximum Gasteiger partial charge on any atom is 0.338 e. The molecule has 0 spiro atoms. The van der Waals surface area contributed by atoms with Gasteiger partial charge in [-0.15, -0.1) is 0 Å². The summed E-state index contributed by atoms with van der Waals surface area (Å²) in [6.07, 6.45) is 1.89. The molecule has 166 valence electrons. The van der Waals surface area contributed by atoms with E-state index in [1.54, 1.807) is 13.0 Å². The molecule has 0 heterocycles. The number of benzene rings is 2. The molecule has 0 unspecified atom stereocenters. The lowest BCUT2D eigenvalue weighted by Crippen LogP contribution is -2.21. The van der Waals surface area contributed by atoms with Crippen LogP contribution in [0.1, 0.15) is 42.6 Å². The number of unbranched alkanes of at least 4 members (excludes halogenated alkanes) is 1. The highest BCUT2D eigenvalue weighted by Crippen LogP contribution is 2.29. The Bertz CT molecular complexity index is 943. The van der Waals surface area contributed by atoms with Gasteiger partial charge in [-0.05, 0) is 44.0 Å². The number of aryl methyl sites for hydroxylation is 1. The van der Waals surface area contributed by atoms with Crippen molar-refractivity contribution in [2.75, 3.05) is 25.1 Å². The molecule has 1 amide bonds. The summed E-state index contributed by atoms with van der Waals surface area (Å²) in [6, 6.07) is 8.80. The van der Waals surface area contributed by atoms with Crippen LogP contribution in [0.15, 0.2) is 36.4 Å². The average molecular weight is 430 g/mol. The van der Waals surface area contributed by atoms with Gasteiger partial charge in [-0.3, -0.25) is 14.9 Å². The second-order valence-corrected chi connectivity index (χ2v) is 6.68. The Morgan fingerprint density at radius 3 is 2.52 bits per heavy atom. The van der Waals surface area contributed by atoms with E-state index in [1.165, 1.54) is 30.3 Å². The highest BCUT2D eigenvalue weighted by Gasteiger charge is 2.16. The zero-order valence-corrected chi connectivity index (χ0v) is 17.8. The van der Waals surface area contributed by atoms with Crippen LogP contribution >= 0.6 is 0 Å². The standard InChI is InChI=1S/C22H26N2O7/c1-4-6-11-30-19-10-8-16(12-20(19)29-5-2)22(26)31-14-21(25)23-18-13-17(24(27)28)9-7-15(18)3/h7-10,12-13H,4-6,11,14H2,1-3H3,(H,23,25). The van der Waals surface area contributed by atoms with E-state index in [0.717, 1.165) is 12.8 Å². The summed E-state index contributed by atoms with van der Waals surface area (Å²) in [5, 5.41) is 13.4. The Hall–Kier alpha value is -3.62. The smallest absolute Gasteiger partial charge is 0.338 e. The van der Waals surface area contributed by atoms with Crippen molar-refractivity contribution < 1.29 is 28.7 Å². The highest BCUT2D eigenvalue weighted by molar-refractivity contribution is 5.96. The first kappa shape index (κ1) is 23.7. The molecule has 0 aromatic heterocycles. The first-order valence-electron chi connectivity index (χ1n) is 9.97. The minimum Gasteiger partial charge on any atom is -0.490 e. The summed E-state index contributed by atoms with van der Waals surface area (Å²) in [5.74, 6) is -0.357. The van der Waals surface area contributed by atoms with Crippen molar-refractivity contribution in [1.82, 2.24) is 0 Å². The number of nitrogens with zero attached hydrogens (tertiary/aromatic N) is 1. The third-order valence-electron chi connectivity index (χ3n) is 4.28. The predicted molar refractivity (Wildman–Crippen MR) is 115 cm³/mol. The lowest BCUT2D eigenvalue weighted by atomic mass is 10.2. The maximum atomic E-state index is 12.4. The molecular formula is C22H26N2O7. The molecule has 0 atom stereocenters. The molecule has 0 aliphatic heterocycles. The van der Waals surface area contributed by atoms with Gasteiger partial charge in [-0.1, -0.05) is 19.4 Å². The second-order valence-electron chi connectivity index (χ2n) is 6.68. The van der Waals surface area contributed by atoms with Crippen molar-refractivity contribution in [3.8, 4) is 11.5 Å². The molecule has 2 aromatic carbocycles. The number of amides is 1. The van der Waals surface area contributed by atoms with Gasteiger partial charge in [0, 0.05) is 12.1 Å². The number of nitro benzene ring substituents is 1. The third kappa shape index (κ3) is 6.98. The van der Waals surface area contributed by atoms with Crippen molar-refractivity contribution in [1.29, 1.82) is 0 Å². The molecule has 2 aromatic rings. The molecule has 1 N–H and O–H groups in total. The summed E-state index contributed by atoms with van der Waals surface area (Å²) in [7, 11) is 0. The number of rotatable bonds is 11. The van der Waals surface area contributed by atoms with Crippen molar-refractivity contribution in [2.45, 2.75) is 33.6 Å². The fourth-order valence-corrected chi connectivity index (χ4v) is 2.61. The van der Waals surface area contributed by atoms with Crippen LogP contribution in [0, 0.1) is 17.0 Å². The number of anilines is 1. The number of carbonyl (C=O) groups is 2. The van der Waals surface area contributed by atoms with E-state index >= 15 is 0 Å². The van der Waals surface area contributed by atoms with Crippen LogP contribution in [0.4, 0.5) is 11.4 Å². The van der Waals surface area contributed by atoms with Gasteiger partial charge in [-0.2, -0.15) is 0 Å². The Balaban J connectivity index is 2.00. The van der Waals surface area contributed by atoms with Crippen LogP contribution in [0.3, 0.4) is 0 Å². The highest BCUT2D eigenvalue weighted by atomic mass is 16.6. The number of non-ortho nitro benzene ring substituents is 1. The van der Waals surface area contributed by atoms with Crippen LogP contribution in [0.25, 0.3) is 0 Å². The van der Waals surface area contributed by atoms with E-state index in [4.69, 9.17) is 14.2 Å². The van der Waals surface area contributed by atoms with Crippen LogP contribution in [-0.4, -0.2) is 36.6 Å². The van der Waals surface area contributed by atoms with Crippen LogP contribution in [-0.2, 0) is 9.53 Å². The third-order valence-corrected chi connectivity index (χ3v) is 4.28. The van der Waals surface area contributed by atoms with Gasteiger partial charge < -0.3 is 19.5 Å². The van der Waals surface area contributed by atoms with Crippen LogP contribution in [0.5, 0.6) is 11.5 Å². The van der Waals surface area contributed by atoms with Crippen molar-refractivity contribution in [2.24, 2.45) is 0 Å². The zero-order chi connectivity index (χ0) is 22.8. The molecule has 2 rings (SSSR count). The van der Waals surface area contributed by atoms with Crippen molar-refractivity contribution >= 4 is 23.3 Å². The Kier molecular flexibility index (Phi) is 8.80. The second kappa shape index (κ2) is 11.5. The average Bonchev–Trinajstić information content (AvgIpc) is 2.74. The predicted octanol–water partition coefficient (Wildman–Crippen LogP) is 4.28. The van der Waals surface area contributed by atoms with Gasteiger partial charge in [0.15, 0.2) is 18.1 Å². The number of nitrogens with one attached hydrogen (secondary N) is 1. The summed E-state index contributed by atoms with van der Waals surface area (Å²) in [6.45, 7) is 5.97. The van der Waals surface area contributed by atoms with E-state index in [-0.39, 0.29) is 16.9 Å². The first-order chi connectivity index (χ1) is 14.8. The van der Waals surface area contributed by atoms with E-state index in [0.29, 0.717) is 30.3 Å². The van der Waals surface area contributed by atoms with E-state index in [1.807, 2.05) is 6.92 Å². The monoisotopic (exact) mass is 430 g/mol. The van der Waals surface area contributed by atoms with E-state index in [9.17, 15) is 19.7 Å². The molecule has 0 aliphatic rings. The normalized spacial score (nSPS) is 10.3. The summed E-state index contributed by atoms with van der Waals surface area (Å²) >= 11 is 0. The van der Waals surface area contributed by atoms with E-state index < -0.39 is 23.4 Å². The van der Waals surface area contributed by atoms with E-state index in [2.05, 4.69) is 12.2 Å². The van der Waals surface area contributed by atoms with Crippen molar-refractivity contribution in [3.05, 3.63) is 57.6 Å². The van der Waals surface area contributed by atoms with Crippen LogP contribution < -0.4 is 14.8 Å². The summed E-state index contributed by atoms with van der Waals surface area (Å²) in [4.78, 5) is 34.8. The molecular weight excluding hydrogens is 404 g/mol. The topological polar surface area (TPSA) is 117 Å². The first-order valence-corrected chi connectivity index (χ1v) is 9.97. The minimum absolute atomic E-state index is 0.150. The van der Waals surface area contributed by atoms with Gasteiger partial charge in [-0.25, -0.2) is 4.79 Å². The molecule has 0 saturated heterocycles. The molecule has 9 nitrogen and oxygen atoms in total. The van der Waals surface area contributed by atoms with Gasteiger partial charge in [0.2, 0.25) is 0 Å². The number of carbonyl (C=O) groups excluding carboxylic acids is 2. The zero-order valence-electron chi connectivity index (χ0n) is 17.8. The number of hydrogen-bond donors (Lipinski definition) is 1. The SMILES string of the molecule is CCCCOc1ccc(C(=O)OCC(=O)Nc2cc([N+](=O)[O-])ccc2C)cc1OCC. The Labute approximate surface area is 180 Å². The van der Waals surface area contributed by atoms with Crippen LogP contribution in [0.2, 0.25) is 0 Å². The number of hydrogen-bond acceptors (Lipinski definition) is 7. The molecule has 31 heavy (non-hydrogen) atoms. The summed E-state index contributed by atoms with van der Waals surface area (Å²) in [5.41, 5.74) is 0.987. The lowest BCUT2D eigenvalue weighted by Gasteiger charge is -2.13. The fraction of sp³-hybridized carbons (Fsp3) is 0.364. The quantitative estimate of drug-likeness (QED) is 0.245. The molecule has 0 fully saturated rings. The van der Waals surface area contributed by atoms with Gasteiger partial charge in [0.1, 0.15) is 0 Å². The Morgan fingerprint density at radius 1 is 1.06 bits per heavy atom. The molecule has 0 aliphatic carbocycles. The van der Waals surface area contributed by atoms with Gasteiger partial charge >= 0.3 is 5.97 Å². The molecule has 0 radical (unpaired) electrons. The number of esters is 1. The maximum absolute atomic E-state index is 12.4. The number of nitro groups is 1. The molecule has 0 saturated carbocycles. The Morgan fingerprint density at radius 2 is 1.84 bits per heavy atom. The number of ether oxygens (including phenoxy) is 3. The fourth-order valence-electron chi connectivity index (χ4n) is 2.61. The van der Waals surface area contributed by atoms with Gasteiger partial charge in [0.25, 0.3) is 11.6 Å².